The average molecular weight is 537 g/mol. The number of ether oxygens (including phenoxy) is 1. The summed E-state index contributed by atoms with van der Waals surface area (Å²) in [5, 5.41) is 3.11. The molecule has 4 aromatic rings. The Morgan fingerprint density at radius 1 is 1.05 bits per heavy atom. The number of hydrogen-bond donors (Lipinski definition) is 3. The maximum absolute atomic E-state index is 12.9. The van der Waals surface area contributed by atoms with Crippen molar-refractivity contribution >= 4 is 22.9 Å². The van der Waals surface area contributed by atoms with Gasteiger partial charge in [-0.2, -0.15) is 0 Å². The molecule has 0 fully saturated rings. The van der Waals surface area contributed by atoms with Crippen LogP contribution in [0, 0.1) is 12.3 Å². The number of aromatic nitrogens is 2. The topological polar surface area (TPSA) is 110 Å². The van der Waals surface area contributed by atoms with Crippen LogP contribution in [0.3, 0.4) is 0 Å². The smallest absolute Gasteiger partial charge is 0.373 e. The number of para-hydroxylation sites is 2. The van der Waals surface area contributed by atoms with Crippen LogP contribution in [0.5, 0.6) is 0 Å². The molecule has 4 N–H and O–H groups in total. The van der Waals surface area contributed by atoms with Gasteiger partial charge in [-0.1, -0.05) is 42.3 Å². The summed E-state index contributed by atoms with van der Waals surface area (Å²) in [6.45, 7) is 1.24. The van der Waals surface area contributed by atoms with E-state index >= 15 is 0 Å². The van der Waals surface area contributed by atoms with E-state index in [1.54, 1.807) is 0 Å². The van der Waals surface area contributed by atoms with Crippen LogP contribution in [0.25, 0.3) is 22.2 Å². The van der Waals surface area contributed by atoms with E-state index in [2.05, 4.69) is 25.9 Å². The van der Waals surface area contributed by atoms with Crippen molar-refractivity contribution in [2.45, 2.75) is 32.2 Å². The molecule has 1 heterocycles. The van der Waals surface area contributed by atoms with E-state index in [1.165, 1.54) is 0 Å². The van der Waals surface area contributed by atoms with Gasteiger partial charge in [-0.15, -0.1) is 19.6 Å². The van der Waals surface area contributed by atoms with Gasteiger partial charge in [0, 0.05) is 18.1 Å². The number of carbonyl (C=O) groups excluding carboxylic acids is 2. The molecule has 39 heavy (non-hydrogen) atoms. The summed E-state index contributed by atoms with van der Waals surface area (Å²) in [6.07, 6.45) is 2.09. The van der Waals surface area contributed by atoms with E-state index in [4.69, 9.17) is 12.2 Å². The monoisotopic (exact) mass is 536 g/mol. The van der Waals surface area contributed by atoms with Gasteiger partial charge in [0.05, 0.1) is 17.1 Å². The lowest BCUT2D eigenvalue weighted by atomic mass is 10.0. The highest BCUT2D eigenvalue weighted by Crippen LogP contribution is 2.23. The quantitative estimate of drug-likeness (QED) is 0.214. The first-order valence-electron chi connectivity index (χ1n) is 12.0. The number of aromatic amines is 1. The van der Waals surface area contributed by atoms with Crippen molar-refractivity contribution in [1.29, 1.82) is 0 Å². The molecule has 1 amide bonds. The highest BCUT2D eigenvalue weighted by atomic mass is 19.4. The molecule has 0 spiro atoms. The third kappa shape index (κ3) is 8.72. The molecule has 1 unspecified atom stereocenters. The second-order valence-electron chi connectivity index (χ2n) is 8.43. The highest BCUT2D eigenvalue weighted by molar-refractivity contribution is 5.95. The van der Waals surface area contributed by atoms with Gasteiger partial charge in [-0.25, -0.2) is 4.98 Å². The summed E-state index contributed by atoms with van der Waals surface area (Å²) < 4.78 is 35.4. The lowest BCUT2D eigenvalue weighted by molar-refractivity contribution is -0.304. The standard InChI is InChI=1S/C26H24N4O.C3H3F3O2/c1-2-18-9-11-19(12-10-18)20-13-15-21(16-14-20)26(31)30-24(8-5-17-27)25-28-22-6-3-4-7-23(22)29-25;1-2(7)8-3(4,5)6/h1,3-4,6-7,9-16,24H,5,8,17,27H2,(H,28,29)(H,30,31);1H3. The van der Waals surface area contributed by atoms with Crippen molar-refractivity contribution in [1.82, 2.24) is 15.3 Å². The van der Waals surface area contributed by atoms with Gasteiger partial charge < -0.3 is 20.8 Å². The van der Waals surface area contributed by atoms with E-state index in [0.29, 0.717) is 25.5 Å². The van der Waals surface area contributed by atoms with E-state index in [-0.39, 0.29) is 11.9 Å². The molecular formula is C29H27F3N4O3. The number of nitrogens with two attached hydrogens (primary N) is 1. The first kappa shape index (κ1) is 28.9. The Morgan fingerprint density at radius 2 is 1.67 bits per heavy atom. The first-order chi connectivity index (χ1) is 18.6. The van der Waals surface area contributed by atoms with Gasteiger partial charge in [-0.05, 0) is 66.9 Å². The number of rotatable bonds is 7. The second-order valence-corrected chi connectivity index (χ2v) is 8.43. The van der Waals surface area contributed by atoms with Gasteiger partial charge in [0.15, 0.2) is 0 Å². The lowest BCUT2D eigenvalue weighted by Crippen LogP contribution is -2.29. The molecule has 1 aromatic heterocycles. The fourth-order valence-corrected chi connectivity index (χ4v) is 3.71. The molecule has 202 valence electrons. The van der Waals surface area contributed by atoms with E-state index in [9.17, 15) is 22.8 Å². The zero-order valence-electron chi connectivity index (χ0n) is 21.1. The number of hydrogen-bond acceptors (Lipinski definition) is 5. The minimum absolute atomic E-state index is 0.142. The summed E-state index contributed by atoms with van der Waals surface area (Å²) in [7, 11) is 0. The molecule has 0 aliphatic rings. The molecule has 0 bridgehead atoms. The first-order valence-corrected chi connectivity index (χ1v) is 12.0. The fourth-order valence-electron chi connectivity index (χ4n) is 3.71. The number of alkyl halides is 3. The summed E-state index contributed by atoms with van der Waals surface area (Å²) in [4.78, 5) is 30.4. The Kier molecular flexibility index (Phi) is 9.84. The molecule has 1 atom stereocenters. The van der Waals surface area contributed by atoms with Gasteiger partial charge in [0.2, 0.25) is 0 Å². The predicted octanol–water partition coefficient (Wildman–Crippen LogP) is 5.49. The maximum atomic E-state index is 12.9. The zero-order valence-corrected chi connectivity index (χ0v) is 21.1. The van der Waals surface area contributed by atoms with Crippen LogP contribution in [0.4, 0.5) is 13.2 Å². The number of fused-ring (bicyclic) bond motifs is 1. The van der Waals surface area contributed by atoms with Gasteiger partial charge >= 0.3 is 12.3 Å². The summed E-state index contributed by atoms with van der Waals surface area (Å²) in [5.74, 6) is 1.87. The SMILES string of the molecule is C#Cc1ccc(-c2ccc(C(=O)NC(CCCN)c3nc4ccccc4[nH]3)cc2)cc1.CC(=O)OC(F)(F)F. The molecule has 7 nitrogen and oxygen atoms in total. The Hall–Kier alpha value is -4.62. The van der Waals surface area contributed by atoms with Gasteiger partial charge in [0.25, 0.3) is 5.91 Å². The third-order valence-electron chi connectivity index (χ3n) is 5.53. The van der Waals surface area contributed by atoms with Crippen molar-refractivity contribution in [3.8, 4) is 23.5 Å². The number of halogens is 3. The highest BCUT2D eigenvalue weighted by Gasteiger charge is 2.32. The number of terminal acetylenes is 1. The van der Waals surface area contributed by atoms with Crippen LogP contribution < -0.4 is 11.1 Å². The minimum atomic E-state index is -4.83. The van der Waals surface area contributed by atoms with Crippen LogP contribution in [-0.4, -0.2) is 34.8 Å². The van der Waals surface area contributed by atoms with Crippen molar-refractivity contribution in [3.05, 3.63) is 89.7 Å². The average Bonchev–Trinajstić information content (AvgIpc) is 3.34. The fraction of sp³-hybridized carbons (Fsp3) is 0.207. The summed E-state index contributed by atoms with van der Waals surface area (Å²) >= 11 is 0. The van der Waals surface area contributed by atoms with Gasteiger partial charge in [-0.3, -0.25) is 9.59 Å². The number of amides is 1. The number of benzene rings is 3. The zero-order chi connectivity index (χ0) is 28.4. The van der Waals surface area contributed by atoms with Crippen molar-refractivity contribution in [2.24, 2.45) is 5.73 Å². The maximum Gasteiger partial charge on any atom is 0.575 e. The van der Waals surface area contributed by atoms with Crippen LogP contribution in [0.15, 0.2) is 72.8 Å². The Morgan fingerprint density at radius 3 is 2.18 bits per heavy atom. The van der Waals surface area contributed by atoms with Crippen molar-refractivity contribution < 1.29 is 27.5 Å². The second kappa shape index (κ2) is 13.3. The van der Waals surface area contributed by atoms with Crippen LogP contribution in [0.1, 0.15) is 47.6 Å². The third-order valence-corrected chi connectivity index (χ3v) is 5.53. The van der Waals surface area contributed by atoms with Crippen LogP contribution >= 0.6 is 0 Å². The molecule has 3 aromatic carbocycles. The summed E-state index contributed by atoms with van der Waals surface area (Å²) in [5.41, 5.74) is 11.0. The number of carbonyl (C=O) groups is 2. The van der Waals surface area contributed by atoms with Crippen LogP contribution in [0.2, 0.25) is 0 Å². The number of imidazole rings is 1. The van der Waals surface area contributed by atoms with Gasteiger partial charge in [0.1, 0.15) is 5.82 Å². The molecule has 4 rings (SSSR count). The molecule has 0 saturated carbocycles. The Balaban J connectivity index is 0.000000459. The lowest BCUT2D eigenvalue weighted by Gasteiger charge is -2.16. The Labute approximate surface area is 223 Å². The largest absolute Gasteiger partial charge is 0.575 e. The molecule has 0 radical (unpaired) electrons. The van der Waals surface area contributed by atoms with E-state index < -0.39 is 12.3 Å². The normalized spacial score (nSPS) is 11.6. The van der Waals surface area contributed by atoms with Crippen LogP contribution in [-0.2, 0) is 9.53 Å². The number of nitrogens with zero attached hydrogens (tertiary/aromatic N) is 1. The van der Waals surface area contributed by atoms with Crippen molar-refractivity contribution in [2.75, 3.05) is 6.54 Å². The molecular weight excluding hydrogens is 509 g/mol. The minimum Gasteiger partial charge on any atom is -0.373 e. The Bertz CT molecular complexity index is 1410. The molecule has 0 aliphatic carbocycles. The number of nitrogens with one attached hydrogen (secondary N) is 2. The van der Waals surface area contributed by atoms with E-state index in [0.717, 1.165) is 40.0 Å². The number of esters is 1. The summed E-state index contributed by atoms with van der Waals surface area (Å²) in [6, 6.07) is 22.9. The molecule has 0 aliphatic heterocycles. The molecule has 10 heteroatoms. The van der Waals surface area contributed by atoms with Crippen molar-refractivity contribution in [3.63, 3.8) is 0 Å². The number of H-pyrrole nitrogens is 1. The predicted molar refractivity (Wildman–Crippen MR) is 142 cm³/mol. The van der Waals surface area contributed by atoms with E-state index in [1.807, 2.05) is 72.8 Å². The molecule has 0 saturated heterocycles.